The van der Waals surface area contributed by atoms with Crippen LogP contribution >= 0.6 is 27.5 Å². The third kappa shape index (κ3) is 2.51. The zero-order valence-electron chi connectivity index (χ0n) is 11.5. The lowest BCUT2D eigenvalue weighted by Gasteiger charge is -2.13. The quantitative estimate of drug-likeness (QED) is 0.641. The van der Waals surface area contributed by atoms with Crippen molar-refractivity contribution in [2.45, 2.75) is 12.3 Å². The number of imidazole rings is 1. The zero-order chi connectivity index (χ0) is 15.0. The SMILES string of the molecule is COc1ccc(Br)c(-n2c(C(C)Cl)nc3cnccc32)c1. The Morgan fingerprint density at radius 3 is 2.86 bits per heavy atom. The smallest absolute Gasteiger partial charge is 0.132 e. The van der Waals surface area contributed by atoms with Crippen molar-refractivity contribution in [2.24, 2.45) is 0 Å². The molecule has 0 amide bonds. The van der Waals surface area contributed by atoms with E-state index in [-0.39, 0.29) is 5.38 Å². The van der Waals surface area contributed by atoms with Gasteiger partial charge >= 0.3 is 0 Å². The van der Waals surface area contributed by atoms with Crippen molar-refractivity contribution in [3.63, 3.8) is 0 Å². The molecule has 3 aromatic rings. The number of aromatic nitrogens is 3. The van der Waals surface area contributed by atoms with Crippen molar-refractivity contribution in [3.05, 3.63) is 47.0 Å². The van der Waals surface area contributed by atoms with E-state index in [0.29, 0.717) is 0 Å². The summed E-state index contributed by atoms with van der Waals surface area (Å²) in [5, 5.41) is -0.226. The van der Waals surface area contributed by atoms with Crippen LogP contribution in [0.1, 0.15) is 18.1 Å². The maximum absolute atomic E-state index is 6.31. The molecule has 6 heteroatoms. The summed E-state index contributed by atoms with van der Waals surface area (Å²) in [5.74, 6) is 1.55. The first-order valence-corrected chi connectivity index (χ1v) is 7.65. The number of benzene rings is 1. The van der Waals surface area contributed by atoms with Crippen molar-refractivity contribution < 1.29 is 4.74 Å². The fourth-order valence-corrected chi connectivity index (χ4v) is 2.83. The molecule has 0 spiro atoms. The van der Waals surface area contributed by atoms with Crippen LogP contribution in [0.25, 0.3) is 16.7 Å². The molecule has 0 aliphatic heterocycles. The average Bonchev–Trinajstić information content (AvgIpc) is 2.87. The molecule has 0 fully saturated rings. The summed E-state index contributed by atoms with van der Waals surface area (Å²) in [6.07, 6.45) is 3.49. The molecular weight excluding hydrogens is 354 g/mol. The van der Waals surface area contributed by atoms with Gasteiger partial charge in [0, 0.05) is 16.7 Å². The Morgan fingerprint density at radius 2 is 2.14 bits per heavy atom. The van der Waals surface area contributed by atoms with Crippen molar-refractivity contribution in [1.82, 2.24) is 14.5 Å². The lowest BCUT2D eigenvalue weighted by atomic mass is 10.2. The number of halogens is 2. The van der Waals surface area contributed by atoms with Gasteiger partial charge in [-0.15, -0.1) is 11.6 Å². The molecule has 21 heavy (non-hydrogen) atoms. The summed E-state index contributed by atoms with van der Waals surface area (Å²) in [7, 11) is 1.65. The molecule has 1 atom stereocenters. The van der Waals surface area contributed by atoms with E-state index < -0.39 is 0 Å². The fraction of sp³-hybridized carbons (Fsp3) is 0.200. The van der Waals surface area contributed by atoms with Crippen LogP contribution in [0.3, 0.4) is 0 Å². The number of ether oxygens (including phenoxy) is 1. The highest BCUT2D eigenvalue weighted by Gasteiger charge is 2.18. The minimum atomic E-state index is -0.226. The van der Waals surface area contributed by atoms with Gasteiger partial charge in [-0.2, -0.15) is 0 Å². The molecule has 2 aromatic heterocycles. The van der Waals surface area contributed by atoms with Crippen LogP contribution < -0.4 is 4.74 Å². The lowest BCUT2D eigenvalue weighted by molar-refractivity contribution is 0.414. The Morgan fingerprint density at radius 1 is 1.33 bits per heavy atom. The Hall–Kier alpha value is -1.59. The molecule has 2 heterocycles. The number of rotatable bonds is 3. The van der Waals surface area contributed by atoms with Gasteiger partial charge in [0.1, 0.15) is 17.1 Å². The Bertz CT molecular complexity index is 801. The van der Waals surface area contributed by atoms with Crippen LogP contribution in [-0.2, 0) is 0 Å². The first-order valence-electron chi connectivity index (χ1n) is 6.42. The van der Waals surface area contributed by atoms with Crippen molar-refractivity contribution in [2.75, 3.05) is 7.11 Å². The van der Waals surface area contributed by atoms with Crippen LogP contribution in [-0.4, -0.2) is 21.6 Å². The molecule has 4 nitrogen and oxygen atoms in total. The summed E-state index contributed by atoms with van der Waals surface area (Å²) in [4.78, 5) is 8.71. The van der Waals surface area contributed by atoms with Crippen LogP contribution in [0, 0.1) is 0 Å². The Balaban J connectivity index is 2.35. The normalized spacial score (nSPS) is 12.6. The van der Waals surface area contributed by atoms with E-state index in [0.717, 1.165) is 32.8 Å². The minimum absolute atomic E-state index is 0.226. The standard InChI is InChI=1S/C15H13BrClN3O/c1-9(17)15-19-12-8-18-6-5-13(12)20(15)14-7-10(21-2)3-4-11(14)16/h3-9H,1-2H3. The number of hydrogen-bond donors (Lipinski definition) is 0. The number of nitrogens with zero attached hydrogens (tertiary/aromatic N) is 3. The zero-order valence-corrected chi connectivity index (χ0v) is 13.9. The summed E-state index contributed by atoms with van der Waals surface area (Å²) in [5.41, 5.74) is 2.71. The van der Waals surface area contributed by atoms with Gasteiger partial charge in [-0.1, -0.05) is 0 Å². The van der Waals surface area contributed by atoms with Gasteiger partial charge in [-0.3, -0.25) is 9.55 Å². The van der Waals surface area contributed by atoms with Gasteiger partial charge in [-0.05, 0) is 41.1 Å². The highest BCUT2D eigenvalue weighted by molar-refractivity contribution is 9.10. The molecule has 0 saturated carbocycles. The van der Waals surface area contributed by atoms with Gasteiger partial charge in [0.15, 0.2) is 0 Å². The summed E-state index contributed by atoms with van der Waals surface area (Å²) in [6.45, 7) is 1.90. The van der Waals surface area contributed by atoms with Gasteiger partial charge < -0.3 is 4.74 Å². The molecule has 1 unspecified atom stereocenters. The van der Waals surface area contributed by atoms with Gasteiger partial charge in [-0.25, -0.2) is 4.98 Å². The number of pyridine rings is 1. The number of hydrogen-bond acceptors (Lipinski definition) is 3. The second-order valence-electron chi connectivity index (χ2n) is 4.60. The molecule has 1 aromatic carbocycles. The molecular formula is C15H13BrClN3O. The van der Waals surface area contributed by atoms with Crippen LogP contribution in [0.4, 0.5) is 0 Å². The second kappa shape index (κ2) is 5.66. The van der Waals surface area contributed by atoms with Crippen LogP contribution in [0.5, 0.6) is 5.75 Å². The van der Waals surface area contributed by atoms with Crippen LogP contribution in [0.15, 0.2) is 41.1 Å². The first-order chi connectivity index (χ1) is 10.1. The molecule has 0 radical (unpaired) electrons. The Kier molecular flexibility index (Phi) is 3.87. The maximum atomic E-state index is 6.31. The van der Waals surface area contributed by atoms with Gasteiger partial charge in [0.25, 0.3) is 0 Å². The molecule has 108 valence electrons. The minimum Gasteiger partial charge on any atom is -0.497 e. The van der Waals surface area contributed by atoms with E-state index in [1.54, 1.807) is 19.5 Å². The molecule has 3 rings (SSSR count). The first kappa shape index (κ1) is 14.4. The van der Waals surface area contributed by atoms with E-state index in [1.165, 1.54) is 0 Å². The van der Waals surface area contributed by atoms with Crippen molar-refractivity contribution in [1.29, 1.82) is 0 Å². The number of fused-ring (bicyclic) bond motifs is 1. The fourth-order valence-electron chi connectivity index (χ4n) is 2.26. The molecule has 0 aliphatic rings. The number of alkyl halides is 1. The van der Waals surface area contributed by atoms with E-state index in [4.69, 9.17) is 16.3 Å². The lowest BCUT2D eigenvalue weighted by Crippen LogP contribution is -2.03. The van der Waals surface area contributed by atoms with E-state index >= 15 is 0 Å². The second-order valence-corrected chi connectivity index (χ2v) is 6.11. The molecule has 0 bridgehead atoms. The molecule has 0 aliphatic carbocycles. The number of methoxy groups -OCH3 is 1. The van der Waals surface area contributed by atoms with Crippen molar-refractivity contribution in [3.8, 4) is 11.4 Å². The third-order valence-electron chi connectivity index (χ3n) is 3.23. The molecule has 0 saturated heterocycles. The topological polar surface area (TPSA) is 39.9 Å². The molecule has 0 N–H and O–H groups in total. The predicted molar refractivity (Wildman–Crippen MR) is 87.4 cm³/mol. The van der Waals surface area contributed by atoms with Crippen molar-refractivity contribution >= 4 is 38.6 Å². The highest BCUT2D eigenvalue weighted by atomic mass is 79.9. The summed E-state index contributed by atoms with van der Waals surface area (Å²) < 4.78 is 8.29. The van der Waals surface area contributed by atoms with E-state index in [9.17, 15) is 0 Å². The summed E-state index contributed by atoms with van der Waals surface area (Å²) >= 11 is 9.89. The maximum Gasteiger partial charge on any atom is 0.132 e. The van der Waals surface area contributed by atoms with Gasteiger partial charge in [0.2, 0.25) is 0 Å². The third-order valence-corrected chi connectivity index (χ3v) is 4.10. The highest BCUT2D eigenvalue weighted by Crippen LogP contribution is 2.33. The van der Waals surface area contributed by atoms with Crippen LogP contribution in [0.2, 0.25) is 0 Å². The average molecular weight is 367 g/mol. The Labute approximate surface area is 135 Å². The summed E-state index contributed by atoms with van der Waals surface area (Å²) in [6, 6.07) is 7.73. The van der Waals surface area contributed by atoms with Gasteiger partial charge in [0.05, 0.1) is 29.9 Å². The van der Waals surface area contributed by atoms with E-state index in [2.05, 4.69) is 25.9 Å². The monoisotopic (exact) mass is 365 g/mol. The van der Waals surface area contributed by atoms with E-state index in [1.807, 2.05) is 35.8 Å². The predicted octanol–water partition coefficient (Wildman–Crippen LogP) is 4.49. The largest absolute Gasteiger partial charge is 0.497 e.